The number of hydrogen-bond acceptors (Lipinski definition) is 7. The Balaban J connectivity index is 1.76. The van der Waals surface area contributed by atoms with Gasteiger partial charge in [-0.2, -0.15) is 9.61 Å². The van der Waals surface area contributed by atoms with E-state index in [1.807, 2.05) is 6.92 Å². The van der Waals surface area contributed by atoms with Crippen LogP contribution in [-0.2, 0) is 22.6 Å². The maximum absolute atomic E-state index is 12.5. The predicted octanol–water partition coefficient (Wildman–Crippen LogP) is 3.06. The van der Waals surface area contributed by atoms with Gasteiger partial charge in [-0.05, 0) is 18.6 Å². The minimum atomic E-state index is -0.609. The Labute approximate surface area is 171 Å². The van der Waals surface area contributed by atoms with Crippen LogP contribution in [0, 0.1) is 5.92 Å². The maximum atomic E-state index is 12.5. The molecule has 1 aromatic carbocycles. The number of aryl methyl sites for hydroxylation is 1. The highest BCUT2D eigenvalue weighted by Crippen LogP contribution is 2.18. The first-order valence-corrected chi connectivity index (χ1v) is 10.2. The number of carbonyl (C=O) groups excluding carboxylic acids is 2. The molecule has 0 unspecified atom stereocenters. The van der Waals surface area contributed by atoms with Crippen LogP contribution >= 0.6 is 11.3 Å². The van der Waals surface area contributed by atoms with Crippen LogP contribution in [-0.4, -0.2) is 26.5 Å². The summed E-state index contributed by atoms with van der Waals surface area (Å²) in [6.45, 7) is 5.41. The van der Waals surface area contributed by atoms with E-state index in [-0.39, 0.29) is 29.6 Å². The van der Waals surface area contributed by atoms with E-state index in [0.717, 1.165) is 17.8 Å². The van der Waals surface area contributed by atoms with Gasteiger partial charge in [-0.3, -0.25) is 9.59 Å². The number of ether oxygens (including phenoxy) is 1. The number of nitrogens with one attached hydrogen (secondary N) is 1. The van der Waals surface area contributed by atoms with Gasteiger partial charge in [0.25, 0.3) is 5.56 Å². The van der Waals surface area contributed by atoms with Gasteiger partial charge >= 0.3 is 5.97 Å². The molecule has 2 aromatic heterocycles. The van der Waals surface area contributed by atoms with Crippen LogP contribution in [0.4, 0.5) is 5.69 Å². The monoisotopic (exact) mass is 414 g/mol. The molecule has 0 atom stereocenters. The SMILES string of the molecule is CCCc1nn2c(=O)cc(COC(=O)c3ccccc3NC(=O)C(C)C)nc2s1. The van der Waals surface area contributed by atoms with E-state index >= 15 is 0 Å². The third-order valence-electron chi connectivity index (χ3n) is 4.08. The zero-order valence-electron chi connectivity index (χ0n) is 16.5. The molecule has 0 bridgehead atoms. The fourth-order valence-corrected chi connectivity index (χ4v) is 3.57. The van der Waals surface area contributed by atoms with E-state index in [4.69, 9.17) is 4.74 Å². The molecule has 0 saturated heterocycles. The van der Waals surface area contributed by atoms with E-state index in [9.17, 15) is 14.4 Å². The molecule has 0 fully saturated rings. The third-order valence-corrected chi connectivity index (χ3v) is 5.05. The van der Waals surface area contributed by atoms with Crippen molar-refractivity contribution in [2.24, 2.45) is 5.92 Å². The van der Waals surface area contributed by atoms with Crippen molar-refractivity contribution in [2.75, 3.05) is 5.32 Å². The summed E-state index contributed by atoms with van der Waals surface area (Å²) in [5, 5.41) is 7.81. The summed E-state index contributed by atoms with van der Waals surface area (Å²) in [4.78, 5) is 41.6. The fourth-order valence-electron chi connectivity index (χ4n) is 2.55. The molecular formula is C20H22N4O4S. The van der Waals surface area contributed by atoms with Crippen molar-refractivity contribution < 1.29 is 14.3 Å². The van der Waals surface area contributed by atoms with E-state index < -0.39 is 5.97 Å². The van der Waals surface area contributed by atoms with Crippen molar-refractivity contribution in [3.05, 3.63) is 57.0 Å². The second-order valence-corrected chi connectivity index (χ2v) is 7.83. The molecule has 0 spiro atoms. The van der Waals surface area contributed by atoms with Gasteiger partial charge in [0, 0.05) is 18.4 Å². The zero-order chi connectivity index (χ0) is 21.0. The number of nitrogens with zero attached hydrogens (tertiary/aromatic N) is 3. The predicted molar refractivity (Wildman–Crippen MR) is 110 cm³/mol. The van der Waals surface area contributed by atoms with Crippen molar-refractivity contribution in [2.45, 2.75) is 40.2 Å². The fraction of sp³-hybridized carbons (Fsp3) is 0.350. The molecule has 0 saturated carbocycles. The lowest BCUT2D eigenvalue weighted by atomic mass is 10.1. The van der Waals surface area contributed by atoms with Crippen LogP contribution in [0.2, 0.25) is 0 Å². The van der Waals surface area contributed by atoms with Crippen molar-refractivity contribution in [1.29, 1.82) is 0 Å². The lowest BCUT2D eigenvalue weighted by molar-refractivity contribution is -0.118. The van der Waals surface area contributed by atoms with Crippen molar-refractivity contribution in [3.8, 4) is 0 Å². The molecule has 1 amide bonds. The average Bonchev–Trinajstić information content (AvgIpc) is 3.10. The van der Waals surface area contributed by atoms with E-state index in [1.54, 1.807) is 38.1 Å². The Morgan fingerprint density at radius 1 is 1.28 bits per heavy atom. The number of benzene rings is 1. The molecule has 1 N–H and O–H groups in total. The highest BCUT2D eigenvalue weighted by atomic mass is 32.1. The van der Waals surface area contributed by atoms with Crippen LogP contribution in [0.25, 0.3) is 4.96 Å². The van der Waals surface area contributed by atoms with Gasteiger partial charge in [-0.1, -0.05) is 44.2 Å². The number of aromatic nitrogens is 3. The first kappa shape index (κ1) is 20.7. The summed E-state index contributed by atoms with van der Waals surface area (Å²) in [5.41, 5.74) is 0.650. The minimum Gasteiger partial charge on any atom is -0.456 e. The van der Waals surface area contributed by atoms with Gasteiger partial charge in [0.05, 0.1) is 16.9 Å². The molecule has 0 aliphatic carbocycles. The number of fused-ring (bicyclic) bond motifs is 1. The Morgan fingerprint density at radius 3 is 2.76 bits per heavy atom. The molecule has 8 nitrogen and oxygen atoms in total. The maximum Gasteiger partial charge on any atom is 0.340 e. The first-order valence-electron chi connectivity index (χ1n) is 9.34. The van der Waals surface area contributed by atoms with Gasteiger partial charge in [-0.15, -0.1) is 0 Å². The summed E-state index contributed by atoms with van der Waals surface area (Å²) < 4.78 is 6.60. The number of para-hydroxylation sites is 1. The number of carbonyl (C=O) groups is 2. The van der Waals surface area contributed by atoms with Gasteiger partial charge in [0.1, 0.15) is 11.6 Å². The standard InChI is InChI=1S/C20H22N4O4S/c1-4-7-16-23-24-17(25)10-13(21-20(24)29-16)11-28-19(27)14-8-5-6-9-15(14)22-18(26)12(2)3/h5-6,8-10,12H,4,7,11H2,1-3H3,(H,22,26). The zero-order valence-corrected chi connectivity index (χ0v) is 17.3. The molecule has 9 heteroatoms. The third kappa shape index (κ3) is 4.86. The second kappa shape index (κ2) is 8.95. The highest BCUT2D eigenvalue weighted by Gasteiger charge is 2.17. The van der Waals surface area contributed by atoms with E-state index in [2.05, 4.69) is 15.4 Å². The average molecular weight is 414 g/mol. The number of rotatable bonds is 7. The van der Waals surface area contributed by atoms with Crippen LogP contribution in [0.15, 0.2) is 35.1 Å². The second-order valence-electron chi connectivity index (χ2n) is 6.79. The summed E-state index contributed by atoms with van der Waals surface area (Å²) in [7, 11) is 0. The van der Waals surface area contributed by atoms with Gasteiger partial charge in [0.15, 0.2) is 0 Å². The smallest absolute Gasteiger partial charge is 0.340 e. The number of amides is 1. The topological polar surface area (TPSA) is 103 Å². The van der Waals surface area contributed by atoms with Crippen LogP contribution < -0.4 is 10.9 Å². The molecule has 3 aromatic rings. The van der Waals surface area contributed by atoms with Crippen LogP contribution in [0.1, 0.15) is 48.3 Å². The van der Waals surface area contributed by atoms with Crippen LogP contribution in [0.5, 0.6) is 0 Å². The molecule has 0 aliphatic heterocycles. The van der Waals surface area contributed by atoms with Gasteiger partial charge in [-0.25, -0.2) is 9.78 Å². The Kier molecular flexibility index (Phi) is 6.38. The molecule has 152 valence electrons. The quantitative estimate of drug-likeness (QED) is 0.596. The summed E-state index contributed by atoms with van der Waals surface area (Å²) >= 11 is 1.35. The number of esters is 1. The minimum absolute atomic E-state index is 0.155. The van der Waals surface area contributed by atoms with Crippen molar-refractivity contribution in [1.82, 2.24) is 14.6 Å². The largest absolute Gasteiger partial charge is 0.456 e. The van der Waals surface area contributed by atoms with Crippen molar-refractivity contribution in [3.63, 3.8) is 0 Å². The lowest BCUT2D eigenvalue weighted by Gasteiger charge is -2.12. The molecule has 0 aliphatic rings. The van der Waals surface area contributed by atoms with E-state index in [1.165, 1.54) is 21.9 Å². The van der Waals surface area contributed by atoms with Crippen molar-refractivity contribution >= 4 is 33.9 Å². The normalized spacial score (nSPS) is 11.0. The number of hydrogen-bond donors (Lipinski definition) is 1. The Bertz CT molecular complexity index is 1100. The van der Waals surface area contributed by atoms with Gasteiger partial charge in [0.2, 0.25) is 10.9 Å². The Morgan fingerprint density at radius 2 is 2.03 bits per heavy atom. The molecule has 0 radical (unpaired) electrons. The van der Waals surface area contributed by atoms with Crippen LogP contribution in [0.3, 0.4) is 0 Å². The molecular weight excluding hydrogens is 392 g/mol. The Hall–Kier alpha value is -3.07. The molecule has 29 heavy (non-hydrogen) atoms. The summed E-state index contributed by atoms with van der Waals surface area (Å²) in [5.74, 6) is -1.03. The van der Waals surface area contributed by atoms with Gasteiger partial charge < -0.3 is 10.1 Å². The first-order chi connectivity index (χ1) is 13.9. The lowest BCUT2D eigenvalue weighted by Crippen LogP contribution is -2.20. The summed E-state index contributed by atoms with van der Waals surface area (Å²) in [6, 6.07) is 7.93. The van der Waals surface area contributed by atoms with E-state index in [0.29, 0.717) is 16.3 Å². The highest BCUT2D eigenvalue weighted by molar-refractivity contribution is 7.16. The molecule has 2 heterocycles. The molecule has 3 rings (SSSR count). The number of anilines is 1. The summed E-state index contributed by atoms with van der Waals surface area (Å²) in [6.07, 6.45) is 1.70.